The molecule has 3 unspecified atom stereocenters. The molecule has 0 aliphatic heterocycles. The molecule has 1 aromatic rings. The quantitative estimate of drug-likeness (QED) is 0.830. The molecule has 0 bridgehead atoms. The van der Waals surface area contributed by atoms with E-state index in [1.807, 2.05) is 0 Å². The molecule has 0 saturated heterocycles. The summed E-state index contributed by atoms with van der Waals surface area (Å²) >= 11 is 0. The van der Waals surface area contributed by atoms with Gasteiger partial charge in [-0.3, -0.25) is 0 Å². The third-order valence-corrected chi connectivity index (χ3v) is 4.19. The molecule has 1 aliphatic carbocycles. The molecule has 0 saturated carbocycles. The lowest BCUT2D eigenvalue weighted by atomic mass is 9.76. The maximum absolute atomic E-state index is 6.44. The van der Waals surface area contributed by atoms with Crippen LogP contribution in [0.2, 0.25) is 0 Å². The van der Waals surface area contributed by atoms with Crippen LogP contribution in [0.25, 0.3) is 0 Å². The minimum atomic E-state index is 0.263. The van der Waals surface area contributed by atoms with Crippen molar-refractivity contribution >= 4 is 0 Å². The van der Waals surface area contributed by atoms with Gasteiger partial charge >= 0.3 is 0 Å². The first-order valence-corrected chi connectivity index (χ1v) is 7.05. The molecule has 3 atom stereocenters. The molecule has 94 valence electrons. The Kier molecular flexibility index (Phi) is 4.22. The molecule has 2 rings (SSSR count). The van der Waals surface area contributed by atoms with Crippen LogP contribution >= 0.6 is 0 Å². The van der Waals surface area contributed by atoms with Crippen molar-refractivity contribution in [2.75, 3.05) is 0 Å². The second kappa shape index (κ2) is 5.68. The van der Waals surface area contributed by atoms with E-state index >= 15 is 0 Å². The SMILES string of the molecule is CCCC(C)CC1CCc2ccccc2C1N. The van der Waals surface area contributed by atoms with Gasteiger partial charge in [0, 0.05) is 6.04 Å². The van der Waals surface area contributed by atoms with E-state index in [4.69, 9.17) is 5.73 Å². The summed E-state index contributed by atoms with van der Waals surface area (Å²) < 4.78 is 0. The van der Waals surface area contributed by atoms with Crippen LogP contribution in [0.15, 0.2) is 24.3 Å². The van der Waals surface area contributed by atoms with Crippen molar-refractivity contribution in [1.29, 1.82) is 0 Å². The molecular weight excluding hydrogens is 206 g/mol. The summed E-state index contributed by atoms with van der Waals surface area (Å²) in [5, 5.41) is 0. The molecule has 17 heavy (non-hydrogen) atoms. The number of rotatable bonds is 4. The number of benzene rings is 1. The maximum Gasteiger partial charge on any atom is 0.0326 e. The topological polar surface area (TPSA) is 26.0 Å². The fraction of sp³-hybridized carbons (Fsp3) is 0.625. The summed E-state index contributed by atoms with van der Waals surface area (Å²) in [7, 11) is 0. The standard InChI is InChI=1S/C16H25N/c1-3-6-12(2)11-14-10-9-13-7-4-5-8-15(13)16(14)17/h4-5,7-8,12,14,16H,3,6,9-11,17H2,1-2H3. The number of hydrogen-bond acceptors (Lipinski definition) is 1. The van der Waals surface area contributed by atoms with E-state index in [1.165, 1.54) is 43.2 Å². The van der Waals surface area contributed by atoms with Crippen LogP contribution < -0.4 is 5.73 Å². The third kappa shape index (κ3) is 2.90. The summed E-state index contributed by atoms with van der Waals surface area (Å²) in [6.45, 7) is 4.64. The van der Waals surface area contributed by atoms with Gasteiger partial charge in [0.25, 0.3) is 0 Å². The van der Waals surface area contributed by atoms with Gasteiger partial charge in [0.1, 0.15) is 0 Å². The average molecular weight is 231 g/mol. The molecule has 1 aromatic carbocycles. The molecule has 1 heteroatoms. The Labute approximate surface area is 105 Å². The second-order valence-corrected chi connectivity index (χ2v) is 5.65. The fourth-order valence-corrected chi connectivity index (χ4v) is 3.25. The van der Waals surface area contributed by atoms with E-state index in [0.717, 1.165) is 5.92 Å². The Bertz CT molecular complexity index is 358. The predicted octanol–water partition coefficient (Wildman–Crippen LogP) is 4.08. The lowest BCUT2D eigenvalue weighted by Crippen LogP contribution is -2.28. The van der Waals surface area contributed by atoms with Gasteiger partial charge in [-0.05, 0) is 42.2 Å². The van der Waals surface area contributed by atoms with E-state index in [-0.39, 0.29) is 6.04 Å². The summed E-state index contributed by atoms with van der Waals surface area (Å²) in [5.74, 6) is 1.51. The third-order valence-electron chi connectivity index (χ3n) is 4.19. The minimum absolute atomic E-state index is 0.263. The lowest BCUT2D eigenvalue weighted by molar-refractivity contribution is 0.295. The van der Waals surface area contributed by atoms with Gasteiger partial charge in [-0.25, -0.2) is 0 Å². The van der Waals surface area contributed by atoms with Gasteiger partial charge < -0.3 is 5.73 Å². The van der Waals surface area contributed by atoms with E-state index < -0.39 is 0 Å². The highest BCUT2D eigenvalue weighted by Gasteiger charge is 2.27. The fourth-order valence-electron chi connectivity index (χ4n) is 3.25. The van der Waals surface area contributed by atoms with Gasteiger partial charge in [0.2, 0.25) is 0 Å². The van der Waals surface area contributed by atoms with Gasteiger partial charge in [-0.1, -0.05) is 51.0 Å². The van der Waals surface area contributed by atoms with Crippen LogP contribution in [0.1, 0.15) is 56.7 Å². The van der Waals surface area contributed by atoms with E-state index in [0.29, 0.717) is 5.92 Å². The number of nitrogens with two attached hydrogens (primary N) is 1. The number of fused-ring (bicyclic) bond motifs is 1. The largest absolute Gasteiger partial charge is 0.324 e. The van der Waals surface area contributed by atoms with Crippen molar-refractivity contribution < 1.29 is 0 Å². The monoisotopic (exact) mass is 231 g/mol. The van der Waals surface area contributed by atoms with Crippen LogP contribution in [0.4, 0.5) is 0 Å². The first-order chi connectivity index (χ1) is 8.22. The first-order valence-electron chi connectivity index (χ1n) is 7.05. The predicted molar refractivity (Wildman–Crippen MR) is 73.9 cm³/mol. The van der Waals surface area contributed by atoms with E-state index in [9.17, 15) is 0 Å². The Morgan fingerprint density at radius 3 is 2.88 bits per heavy atom. The summed E-state index contributed by atoms with van der Waals surface area (Å²) in [4.78, 5) is 0. The van der Waals surface area contributed by atoms with Crippen molar-refractivity contribution in [1.82, 2.24) is 0 Å². The van der Waals surface area contributed by atoms with Gasteiger partial charge in [0.15, 0.2) is 0 Å². The molecular formula is C16H25N. The molecule has 0 aromatic heterocycles. The van der Waals surface area contributed by atoms with Crippen LogP contribution in [0, 0.1) is 11.8 Å². The Balaban J connectivity index is 2.04. The molecule has 0 radical (unpaired) electrons. The molecule has 0 spiro atoms. The smallest absolute Gasteiger partial charge is 0.0326 e. The zero-order valence-corrected chi connectivity index (χ0v) is 11.2. The number of hydrogen-bond donors (Lipinski definition) is 1. The first kappa shape index (κ1) is 12.6. The van der Waals surface area contributed by atoms with Crippen molar-refractivity contribution in [3.63, 3.8) is 0 Å². The van der Waals surface area contributed by atoms with Crippen LogP contribution in [-0.4, -0.2) is 0 Å². The van der Waals surface area contributed by atoms with Crippen molar-refractivity contribution in [2.24, 2.45) is 17.6 Å². The zero-order valence-electron chi connectivity index (χ0n) is 11.2. The Hall–Kier alpha value is -0.820. The van der Waals surface area contributed by atoms with Gasteiger partial charge in [-0.15, -0.1) is 0 Å². The summed E-state index contributed by atoms with van der Waals surface area (Å²) in [5.41, 5.74) is 9.30. The van der Waals surface area contributed by atoms with Crippen LogP contribution in [-0.2, 0) is 6.42 Å². The molecule has 0 fully saturated rings. The summed E-state index contributed by atoms with van der Waals surface area (Å²) in [6, 6.07) is 8.97. The molecule has 2 N–H and O–H groups in total. The molecule has 0 heterocycles. The maximum atomic E-state index is 6.44. The highest BCUT2D eigenvalue weighted by molar-refractivity contribution is 5.32. The van der Waals surface area contributed by atoms with Crippen molar-refractivity contribution in [3.8, 4) is 0 Å². The molecule has 1 nitrogen and oxygen atoms in total. The van der Waals surface area contributed by atoms with Gasteiger partial charge in [-0.2, -0.15) is 0 Å². The van der Waals surface area contributed by atoms with E-state index in [2.05, 4.69) is 38.1 Å². The van der Waals surface area contributed by atoms with Crippen LogP contribution in [0.5, 0.6) is 0 Å². The normalized spacial score (nSPS) is 25.4. The Morgan fingerprint density at radius 1 is 1.35 bits per heavy atom. The Morgan fingerprint density at radius 2 is 2.12 bits per heavy atom. The summed E-state index contributed by atoms with van der Waals surface area (Å²) in [6.07, 6.45) is 6.41. The molecule has 0 amide bonds. The van der Waals surface area contributed by atoms with E-state index in [1.54, 1.807) is 0 Å². The van der Waals surface area contributed by atoms with Crippen LogP contribution in [0.3, 0.4) is 0 Å². The molecule has 1 aliphatic rings. The van der Waals surface area contributed by atoms with Crippen molar-refractivity contribution in [2.45, 2.75) is 52.0 Å². The zero-order chi connectivity index (χ0) is 12.3. The highest BCUT2D eigenvalue weighted by atomic mass is 14.7. The highest BCUT2D eigenvalue weighted by Crippen LogP contribution is 2.36. The minimum Gasteiger partial charge on any atom is -0.324 e. The average Bonchev–Trinajstić information content (AvgIpc) is 2.33. The van der Waals surface area contributed by atoms with Crippen molar-refractivity contribution in [3.05, 3.63) is 35.4 Å². The number of aryl methyl sites for hydroxylation is 1. The second-order valence-electron chi connectivity index (χ2n) is 5.65. The lowest BCUT2D eigenvalue weighted by Gasteiger charge is -2.32. The van der Waals surface area contributed by atoms with Gasteiger partial charge in [0.05, 0.1) is 0 Å².